The van der Waals surface area contributed by atoms with Gasteiger partial charge in [-0.25, -0.2) is 0 Å². The Hall–Kier alpha value is -0.860. The van der Waals surface area contributed by atoms with Gasteiger partial charge in [0, 0.05) is 19.3 Å². The maximum Gasteiger partial charge on any atom is 0.191 e. The molecule has 0 bridgehead atoms. The quantitative estimate of drug-likeness (QED) is 0.837. The van der Waals surface area contributed by atoms with Crippen LogP contribution in [0.4, 0.5) is 0 Å². The largest absolute Gasteiger partial charge is 0.324 e. The van der Waals surface area contributed by atoms with Crippen LogP contribution in [0, 0.1) is 6.92 Å². The zero-order valence-corrected chi connectivity index (χ0v) is 13.6. The third kappa shape index (κ3) is 2.85. The molecule has 2 N–H and O–H groups in total. The Kier molecular flexibility index (Phi) is 4.64. The van der Waals surface area contributed by atoms with Crippen molar-refractivity contribution in [1.29, 1.82) is 0 Å². The van der Waals surface area contributed by atoms with Crippen LogP contribution in [0.2, 0.25) is 0 Å². The van der Waals surface area contributed by atoms with Gasteiger partial charge < -0.3 is 10.3 Å². The van der Waals surface area contributed by atoms with Gasteiger partial charge in [0.1, 0.15) is 5.82 Å². The van der Waals surface area contributed by atoms with Crippen LogP contribution in [0.15, 0.2) is 9.63 Å². The molecule has 19 heavy (non-hydrogen) atoms. The van der Waals surface area contributed by atoms with Crippen LogP contribution in [-0.4, -0.2) is 24.5 Å². The van der Waals surface area contributed by atoms with E-state index in [9.17, 15) is 0 Å². The summed E-state index contributed by atoms with van der Waals surface area (Å²) in [5.74, 6) is 1.59. The van der Waals surface area contributed by atoms with Gasteiger partial charge in [0.15, 0.2) is 5.16 Å². The van der Waals surface area contributed by atoms with Gasteiger partial charge in [0.25, 0.3) is 0 Å². The molecule has 2 aromatic heterocycles. The van der Waals surface area contributed by atoms with Crippen molar-refractivity contribution in [1.82, 2.24) is 24.5 Å². The molecule has 0 atom stereocenters. The summed E-state index contributed by atoms with van der Waals surface area (Å²) in [5.41, 5.74) is 7.77. The standard InChI is InChI=1S/C11H17BrN6S/c1-4-18-8(10(12)7(2)16-18)6-19-11-15-14-9(5-13)17(11)3/h4-6,13H2,1-3H3. The fourth-order valence-electron chi connectivity index (χ4n) is 1.79. The van der Waals surface area contributed by atoms with Gasteiger partial charge in [0.05, 0.1) is 22.4 Å². The number of aromatic nitrogens is 5. The monoisotopic (exact) mass is 344 g/mol. The minimum absolute atomic E-state index is 0.403. The molecule has 0 radical (unpaired) electrons. The Labute approximate surface area is 124 Å². The molecule has 104 valence electrons. The van der Waals surface area contributed by atoms with Crippen molar-refractivity contribution < 1.29 is 0 Å². The third-order valence-corrected chi connectivity index (χ3v) is 4.96. The summed E-state index contributed by atoms with van der Waals surface area (Å²) in [6.07, 6.45) is 0. The Balaban J connectivity index is 2.16. The van der Waals surface area contributed by atoms with Crippen LogP contribution in [0.3, 0.4) is 0 Å². The summed E-state index contributed by atoms with van der Waals surface area (Å²) >= 11 is 5.23. The molecule has 8 heteroatoms. The van der Waals surface area contributed by atoms with E-state index < -0.39 is 0 Å². The van der Waals surface area contributed by atoms with Crippen LogP contribution in [0.5, 0.6) is 0 Å². The molecule has 0 saturated carbocycles. The highest BCUT2D eigenvalue weighted by molar-refractivity contribution is 9.10. The molecular formula is C11H17BrN6S. The number of thioether (sulfide) groups is 1. The van der Waals surface area contributed by atoms with Crippen molar-refractivity contribution in [2.75, 3.05) is 0 Å². The van der Waals surface area contributed by atoms with Gasteiger partial charge in [-0.1, -0.05) is 11.8 Å². The summed E-state index contributed by atoms with van der Waals surface area (Å²) in [4.78, 5) is 0. The molecule has 0 aliphatic rings. The lowest BCUT2D eigenvalue weighted by atomic mass is 10.4. The van der Waals surface area contributed by atoms with Gasteiger partial charge in [0.2, 0.25) is 0 Å². The molecule has 6 nitrogen and oxygen atoms in total. The summed E-state index contributed by atoms with van der Waals surface area (Å²) < 4.78 is 5.01. The number of nitrogens with two attached hydrogens (primary N) is 1. The Morgan fingerprint density at radius 1 is 1.37 bits per heavy atom. The van der Waals surface area contributed by atoms with Crippen molar-refractivity contribution in [3.8, 4) is 0 Å². The van der Waals surface area contributed by atoms with Gasteiger partial charge in [-0.2, -0.15) is 5.10 Å². The average molecular weight is 345 g/mol. The zero-order chi connectivity index (χ0) is 14.0. The SMILES string of the molecule is CCn1nc(C)c(Br)c1CSc1nnc(CN)n1C. The van der Waals surface area contributed by atoms with Gasteiger partial charge in [-0.3, -0.25) is 4.68 Å². The second-order valence-corrected chi connectivity index (χ2v) is 5.85. The Morgan fingerprint density at radius 3 is 2.68 bits per heavy atom. The average Bonchev–Trinajstić information content (AvgIpc) is 2.89. The fraction of sp³-hybridized carbons (Fsp3) is 0.545. The third-order valence-electron chi connectivity index (χ3n) is 2.90. The summed E-state index contributed by atoms with van der Waals surface area (Å²) in [6, 6.07) is 0. The highest BCUT2D eigenvalue weighted by Crippen LogP contribution is 2.28. The minimum Gasteiger partial charge on any atom is -0.324 e. The molecule has 0 fully saturated rings. The zero-order valence-electron chi connectivity index (χ0n) is 11.2. The van der Waals surface area contributed by atoms with E-state index in [1.165, 1.54) is 5.69 Å². The molecule has 0 amide bonds. The molecule has 0 saturated heterocycles. The second kappa shape index (κ2) is 6.06. The van der Waals surface area contributed by atoms with E-state index in [0.29, 0.717) is 6.54 Å². The molecule has 0 aromatic carbocycles. The number of hydrogen-bond donors (Lipinski definition) is 1. The number of aryl methyl sites for hydroxylation is 2. The van der Waals surface area contributed by atoms with E-state index in [4.69, 9.17) is 5.73 Å². The highest BCUT2D eigenvalue weighted by Gasteiger charge is 2.14. The summed E-state index contributed by atoms with van der Waals surface area (Å²) in [5, 5.41) is 13.5. The number of hydrogen-bond acceptors (Lipinski definition) is 5. The maximum absolute atomic E-state index is 5.59. The predicted molar refractivity (Wildman–Crippen MR) is 78.8 cm³/mol. The molecule has 2 heterocycles. The van der Waals surface area contributed by atoms with E-state index in [1.54, 1.807) is 11.8 Å². The summed E-state index contributed by atoms with van der Waals surface area (Å²) in [6.45, 7) is 5.34. The van der Waals surface area contributed by atoms with E-state index in [-0.39, 0.29) is 0 Å². The molecule has 2 rings (SSSR count). The fourth-order valence-corrected chi connectivity index (χ4v) is 3.35. The molecule has 0 spiro atoms. The van der Waals surface area contributed by atoms with Gasteiger partial charge >= 0.3 is 0 Å². The van der Waals surface area contributed by atoms with E-state index in [1.807, 2.05) is 23.2 Å². The highest BCUT2D eigenvalue weighted by atomic mass is 79.9. The first-order valence-electron chi connectivity index (χ1n) is 6.01. The van der Waals surface area contributed by atoms with Crippen LogP contribution >= 0.6 is 27.7 Å². The molecule has 0 unspecified atom stereocenters. The van der Waals surface area contributed by atoms with Crippen molar-refractivity contribution in [2.45, 2.75) is 37.8 Å². The lowest BCUT2D eigenvalue weighted by Gasteiger charge is -2.05. The topological polar surface area (TPSA) is 74.6 Å². The van der Waals surface area contributed by atoms with Crippen molar-refractivity contribution in [3.63, 3.8) is 0 Å². The van der Waals surface area contributed by atoms with E-state index in [2.05, 4.69) is 38.1 Å². The first kappa shape index (κ1) is 14.5. The Morgan fingerprint density at radius 2 is 2.11 bits per heavy atom. The minimum atomic E-state index is 0.403. The molecule has 2 aromatic rings. The van der Waals surface area contributed by atoms with Gasteiger partial charge in [-0.05, 0) is 29.8 Å². The second-order valence-electron chi connectivity index (χ2n) is 4.11. The smallest absolute Gasteiger partial charge is 0.191 e. The molecule has 0 aliphatic heterocycles. The first-order chi connectivity index (χ1) is 9.08. The van der Waals surface area contributed by atoms with E-state index >= 15 is 0 Å². The number of halogens is 1. The predicted octanol–water partition coefficient (Wildman–Crippen LogP) is 1.85. The van der Waals surface area contributed by atoms with Crippen molar-refractivity contribution in [3.05, 3.63) is 21.7 Å². The lowest BCUT2D eigenvalue weighted by Crippen LogP contribution is -2.05. The summed E-state index contributed by atoms with van der Waals surface area (Å²) in [7, 11) is 1.93. The van der Waals surface area contributed by atoms with Gasteiger partial charge in [-0.15, -0.1) is 10.2 Å². The van der Waals surface area contributed by atoms with Crippen molar-refractivity contribution in [2.24, 2.45) is 12.8 Å². The van der Waals surface area contributed by atoms with E-state index in [0.717, 1.165) is 33.4 Å². The number of nitrogens with zero attached hydrogens (tertiary/aromatic N) is 5. The Bertz CT molecular complexity index is 576. The van der Waals surface area contributed by atoms with Crippen LogP contribution in [-0.2, 0) is 25.9 Å². The maximum atomic E-state index is 5.59. The normalized spacial score (nSPS) is 11.2. The lowest BCUT2D eigenvalue weighted by molar-refractivity contribution is 0.631. The van der Waals surface area contributed by atoms with Crippen LogP contribution in [0.1, 0.15) is 24.1 Å². The van der Waals surface area contributed by atoms with Crippen molar-refractivity contribution >= 4 is 27.7 Å². The first-order valence-corrected chi connectivity index (χ1v) is 7.79. The molecular weight excluding hydrogens is 328 g/mol. The number of rotatable bonds is 5. The van der Waals surface area contributed by atoms with Crippen LogP contribution < -0.4 is 5.73 Å². The van der Waals surface area contributed by atoms with Crippen LogP contribution in [0.25, 0.3) is 0 Å². The molecule has 0 aliphatic carbocycles.